The first-order chi connectivity index (χ1) is 10.3. The Hall–Kier alpha value is -1.06. The number of anilines is 1. The highest BCUT2D eigenvalue weighted by Crippen LogP contribution is 2.36. The Morgan fingerprint density at radius 2 is 2.10 bits per heavy atom. The third kappa shape index (κ3) is 2.69. The molecule has 1 atom stereocenters. The normalized spacial score (nSPS) is 27.8. The van der Waals surface area contributed by atoms with Gasteiger partial charge in [0.1, 0.15) is 0 Å². The Morgan fingerprint density at radius 3 is 2.90 bits per heavy atom. The molecule has 1 N–H and O–H groups in total. The lowest BCUT2D eigenvalue weighted by Crippen LogP contribution is -2.50. The van der Waals surface area contributed by atoms with Crippen LogP contribution in [-0.4, -0.2) is 31.8 Å². The van der Waals surface area contributed by atoms with Gasteiger partial charge in [0.2, 0.25) is 0 Å². The van der Waals surface area contributed by atoms with Gasteiger partial charge in [0.25, 0.3) is 0 Å². The second-order valence-corrected chi connectivity index (χ2v) is 7.08. The summed E-state index contributed by atoms with van der Waals surface area (Å²) in [7, 11) is 0. The van der Waals surface area contributed by atoms with Crippen molar-refractivity contribution in [1.82, 2.24) is 5.32 Å². The zero-order valence-electron chi connectivity index (χ0n) is 12.8. The van der Waals surface area contributed by atoms with Crippen LogP contribution in [0.3, 0.4) is 0 Å². The van der Waals surface area contributed by atoms with E-state index in [1.165, 1.54) is 49.9 Å². The topological polar surface area (TPSA) is 24.5 Å². The van der Waals surface area contributed by atoms with E-state index in [2.05, 4.69) is 34.5 Å². The van der Waals surface area contributed by atoms with E-state index in [9.17, 15) is 0 Å². The first kappa shape index (κ1) is 13.6. The number of para-hydroxylation sites is 1. The van der Waals surface area contributed by atoms with E-state index in [0.29, 0.717) is 11.5 Å². The molecule has 0 radical (unpaired) electrons. The van der Waals surface area contributed by atoms with Crippen molar-refractivity contribution >= 4 is 5.69 Å². The van der Waals surface area contributed by atoms with Crippen molar-refractivity contribution in [3.8, 4) is 0 Å². The molecule has 3 heteroatoms. The van der Waals surface area contributed by atoms with E-state index in [1.54, 1.807) is 0 Å². The molecule has 114 valence electrons. The lowest BCUT2D eigenvalue weighted by molar-refractivity contribution is 0.186. The summed E-state index contributed by atoms with van der Waals surface area (Å²) in [4.78, 5) is 2.65. The maximum Gasteiger partial charge on any atom is 0.0512 e. The maximum absolute atomic E-state index is 5.59. The van der Waals surface area contributed by atoms with Gasteiger partial charge in [0.05, 0.1) is 6.61 Å². The van der Waals surface area contributed by atoms with Gasteiger partial charge >= 0.3 is 0 Å². The van der Waals surface area contributed by atoms with Gasteiger partial charge in [-0.05, 0) is 30.9 Å². The van der Waals surface area contributed by atoms with Crippen molar-refractivity contribution in [3.05, 3.63) is 29.8 Å². The number of rotatable bonds is 2. The average Bonchev–Trinajstić information content (AvgIpc) is 3.14. The molecule has 1 aromatic carbocycles. The van der Waals surface area contributed by atoms with Crippen LogP contribution in [0.15, 0.2) is 24.3 Å². The zero-order valence-corrected chi connectivity index (χ0v) is 12.8. The molecule has 2 aliphatic heterocycles. The van der Waals surface area contributed by atoms with Gasteiger partial charge in [-0.15, -0.1) is 0 Å². The molecule has 2 fully saturated rings. The lowest BCUT2D eigenvalue weighted by Gasteiger charge is -2.36. The molecule has 1 saturated carbocycles. The molecule has 0 aromatic heterocycles. The van der Waals surface area contributed by atoms with Gasteiger partial charge < -0.3 is 15.0 Å². The van der Waals surface area contributed by atoms with Gasteiger partial charge in [-0.1, -0.05) is 31.0 Å². The molecule has 0 bridgehead atoms. The van der Waals surface area contributed by atoms with Crippen molar-refractivity contribution in [2.24, 2.45) is 5.92 Å². The molecule has 21 heavy (non-hydrogen) atoms. The van der Waals surface area contributed by atoms with Crippen LogP contribution in [0.2, 0.25) is 0 Å². The highest BCUT2D eigenvalue weighted by Gasteiger charge is 2.38. The summed E-state index contributed by atoms with van der Waals surface area (Å²) >= 11 is 0. The van der Waals surface area contributed by atoms with Crippen molar-refractivity contribution in [3.63, 3.8) is 0 Å². The molecule has 1 aliphatic carbocycles. The smallest absolute Gasteiger partial charge is 0.0512 e. The Balaban J connectivity index is 1.62. The summed E-state index contributed by atoms with van der Waals surface area (Å²) in [5.41, 5.74) is 3.25. The second kappa shape index (κ2) is 5.62. The molecule has 1 saturated heterocycles. The third-order valence-electron chi connectivity index (χ3n) is 5.54. The SMILES string of the molecule is c1ccc2c(c1)CNC1(CCCC1)CN2CC1CCOC1. The summed E-state index contributed by atoms with van der Waals surface area (Å²) in [5.74, 6) is 0.703. The predicted molar refractivity (Wildman–Crippen MR) is 85.6 cm³/mol. The second-order valence-electron chi connectivity index (χ2n) is 7.08. The number of hydrogen-bond donors (Lipinski definition) is 1. The molecular formula is C18H26N2O. The van der Waals surface area contributed by atoms with Crippen molar-refractivity contribution in [1.29, 1.82) is 0 Å². The van der Waals surface area contributed by atoms with Crippen LogP contribution in [0.5, 0.6) is 0 Å². The minimum Gasteiger partial charge on any atom is -0.381 e. The van der Waals surface area contributed by atoms with Crippen molar-refractivity contribution in [2.45, 2.75) is 44.2 Å². The summed E-state index contributed by atoms with van der Waals surface area (Å²) in [6.45, 7) is 5.23. The van der Waals surface area contributed by atoms with Crippen LogP contribution in [0.4, 0.5) is 5.69 Å². The van der Waals surface area contributed by atoms with Crippen LogP contribution < -0.4 is 10.2 Å². The van der Waals surface area contributed by atoms with Crippen molar-refractivity contribution in [2.75, 3.05) is 31.2 Å². The van der Waals surface area contributed by atoms with Gasteiger partial charge in [-0.25, -0.2) is 0 Å². The van der Waals surface area contributed by atoms with Crippen LogP contribution in [0, 0.1) is 5.92 Å². The predicted octanol–water partition coefficient (Wildman–Crippen LogP) is 2.95. The summed E-state index contributed by atoms with van der Waals surface area (Å²) in [5, 5.41) is 3.90. The van der Waals surface area contributed by atoms with Gasteiger partial charge in [-0.2, -0.15) is 0 Å². The molecule has 1 unspecified atom stereocenters. The van der Waals surface area contributed by atoms with E-state index in [4.69, 9.17) is 4.74 Å². The monoisotopic (exact) mass is 286 g/mol. The number of nitrogens with zero attached hydrogens (tertiary/aromatic N) is 1. The molecule has 0 amide bonds. The lowest BCUT2D eigenvalue weighted by atomic mass is 9.96. The average molecular weight is 286 g/mol. The molecule has 1 aromatic rings. The first-order valence-corrected chi connectivity index (χ1v) is 8.50. The van der Waals surface area contributed by atoms with E-state index in [1.807, 2.05) is 0 Å². The standard InChI is InChI=1S/C18H26N2O/c1-2-6-17-16(5-1)11-19-18(8-3-4-9-18)14-20(17)12-15-7-10-21-13-15/h1-2,5-6,15,19H,3-4,7-14H2. The number of fused-ring (bicyclic) bond motifs is 1. The summed E-state index contributed by atoms with van der Waals surface area (Å²) < 4.78 is 5.59. The van der Waals surface area contributed by atoms with Gasteiger partial charge in [0.15, 0.2) is 0 Å². The Morgan fingerprint density at radius 1 is 1.24 bits per heavy atom. The Kier molecular flexibility index (Phi) is 3.64. The zero-order chi connectivity index (χ0) is 14.1. The minimum atomic E-state index is 0.346. The highest BCUT2D eigenvalue weighted by atomic mass is 16.5. The summed E-state index contributed by atoms with van der Waals surface area (Å²) in [6, 6.07) is 8.95. The Bertz CT molecular complexity index is 490. The van der Waals surface area contributed by atoms with E-state index < -0.39 is 0 Å². The largest absolute Gasteiger partial charge is 0.381 e. The minimum absolute atomic E-state index is 0.346. The fraction of sp³-hybridized carbons (Fsp3) is 0.667. The van der Waals surface area contributed by atoms with Crippen LogP contribution in [0.25, 0.3) is 0 Å². The Labute approximate surface area is 127 Å². The highest BCUT2D eigenvalue weighted by molar-refractivity contribution is 5.55. The number of nitrogens with one attached hydrogen (secondary N) is 1. The van der Waals surface area contributed by atoms with E-state index >= 15 is 0 Å². The number of ether oxygens (including phenoxy) is 1. The molecule has 2 heterocycles. The van der Waals surface area contributed by atoms with Crippen LogP contribution in [-0.2, 0) is 11.3 Å². The summed E-state index contributed by atoms with van der Waals surface area (Å²) in [6.07, 6.45) is 6.64. The fourth-order valence-corrected chi connectivity index (χ4v) is 4.35. The van der Waals surface area contributed by atoms with E-state index in [-0.39, 0.29) is 0 Å². The maximum atomic E-state index is 5.59. The van der Waals surface area contributed by atoms with Crippen LogP contribution >= 0.6 is 0 Å². The molecule has 4 rings (SSSR count). The molecular weight excluding hydrogens is 260 g/mol. The van der Waals surface area contributed by atoms with Crippen LogP contribution in [0.1, 0.15) is 37.7 Å². The van der Waals surface area contributed by atoms with Crippen molar-refractivity contribution < 1.29 is 4.74 Å². The first-order valence-electron chi connectivity index (χ1n) is 8.50. The molecule has 1 spiro atoms. The number of benzene rings is 1. The fourth-order valence-electron chi connectivity index (χ4n) is 4.35. The molecule has 3 aliphatic rings. The molecule has 3 nitrogen and oxygen atoms in total. The number of hydrogen-bond acceptors (Lipinski definition) is 3. The quantitative estimate of drug-likeness (QED) is 0.904. The third-order valence-corrected chi connectivity index (χ3v) is 5.54. The van der Waals surface area contributed by atoms with Gasteiger partial charge in [-0.3, -0.25) is 0 Å². The van der Waals surface area contributed by atoms with Gasteiger partial charge in [0, 0.05) is 43.4 Å². The van der Waals surface area contributed by atoms with E-state index in [0.717, 1.165) is 26.3 Å².